The van der Waals surface area contributed by atoms with E-state index in [0.29, 0.717) is 22.8 Å². The van der Waals surface area contributed by atoms with Crippen molar-refractivity contribution in [3.8, 4) is 22.3 Å². The molecule has 4 rings (SSSR count). The molecule has 3 aromatic rings. The molecule has 0 fully saturated rings. The summed E-state index contributed by atoms with van der Waals surface area (Å²) < 4.78 is 53.9. The van der Waals surface area contributed by atoms with Gasteiger partial charge in [-0.2, -0.15) is 18.2 Å². The van der Waals surface area contributed by atoms with Crippen molar-refractivity contribution in [1.82, 2.24) is 10.1 Å². The normalized spacial score (nSPS) is 16.5. The molecule has 2 aromatic heterocycles. The van der Waals surface area contributed by atoms with Crippen LogP contribution in [0.4, 0.5) is 13.2 Å². The van der Waals surface area contributed by atoms with Gasteiger partial charge in [0.2, 0.25) is 5.82 Å². The lowest BCUT2D eigenvalue weighted by Gasteiger charge is -2.24. The van der Waals surface area contributed by atoms with Gasteiger partial charge in [0.15, 0.2) is 17.6 Å². The molecule has 0 radical (unpaired) electrons. The fourth-order valence-electron chi connectivity index (χ4n) is 2.33. The van der Waals surface area contributed by atoms with Gasteiger partial charge in [0.05, 0.1) is 9.75 Å². The quantitative estimate of drug-likeness (QED) is 0.636. The Morgan fingerprint density at radius 1 is 1.15 bits per heavy atom. The third-order valence-electron chi connectivity index (χ3n) is 3.54. The number of hydrogen-bond donors (Lipinski definition) is 0. The molecule has 26 heavy (non-hydrogen) atoms. The lowest BCUT2D eigenvalue weighted by atomic mass is 10.2. The number of para-hydroxylation sites is 2. The molecular formula is C16H9F3N2O4S. The zero-order chi connectivity index (χ0) is 18.3. The van der Waals surface area contributed by atoms with Crippen molar-refractivity contribution in [3.05, 3.63) is 47.1 Å². The lowest BCUT2D eigenvalue weighted by Crippen LogP contribution is -2.22. The molecule has 1 aliphatic heterocycles. The summed E-state index contributed by atoms with van der Waals surface area (Å²) in [7, 11) is 0. The highest BCUT2D eigenvalue weighted by Crippen LogP contribution is 2.36. The van der Waals surface area contributed by atoms with Crippen LogP contribution >= 0.6 is 11.3 Å². The zero-order valence-electron chi connectivity index (χ0n) is 12.8. The molecule has 0 amide bonds. The smallest absolute Gasteiger partial charge is 0.455 e. The average Bonchev–Trinajstić information content (AvgIpc) is 3.29. The molecule has 0 N–H and O–H groups in total. The summed E-state index contributed by atoms with van der Waals surface area (Å²) in [5, 5.41) is 3.80. The molecular weight excluding hydrogens is 373 g/mol. The van der Waals surface area contributed by atoms with E-state index < -0.39 is 22.9 Å². The number of carbonyl (C=O) groups is 1. The number of hydrogen-bond acceptors (Lipinski definition) is 7. The van der Waals surface area contributed by atoms with Crippen LogP contribution in [-0.4, -0.2) is 28.7 Å². The van der Waals surface area contributed by atoms with E-state index in [2.05, 4.69) is 10.1 Å². The third kappa shape index (κ3) is 3.03. The molecule has 6 nitrogen and oxygen atoms in total. The number of ketones is 1. The Morgan fingerprint density at radius 3 is 2.69 bits per heavy atom. The second kappa shape index (κ2) is 6.13. The number of nitrogens with zero attached hydrogens (tertiary/aromatic N) is 2. The van der Waals surface area contributed by atoms with Gasteiger partial charge in [-0.3, -0.25) is 4.79 Å². The number of alkyl halides is 3. The lowest BCUT2D eigenvalue weighted by molar-refractivity contribution is -0.0882. The molecule has 0 bridgehead atoms. The Labute approximate surface area is 148 Å². The fourth-order valence-corrected chi connectivity index (χ4v) is 3.21. The molecule has 1 atom stereocenters. The molecule has 0 saturated carbocycles. The van der Waals surface area contributed by atoms with Crippen LogP contribution in [0.25, 0.3) is 10.8 Å². The van der Waals surface area contributed by atoms with Crippen molar-refractivity contribution in [1.29, 1.82) is 0 Å². The molecule has 0 spiro atoms. The van der Waals surface area contributed by atoms with Gasteiger partial charge >= 0.3 is 6.18 Å². The number of ether oxygens (including phenoxy) is 2. The van der Waals surface area contributed by atoms with E-state index in [1.165, 1.54) is 6.07 Å². The Balaban J connectivity index is 1.54. The summed E-state index contributed by atoms with van der Waals surface area (Å²) >= 11 is 0.632. The summed E-state index contributed by atoms with van der Waals surface area (Å²) in [6.07, 6.45) is -5.54. The molecule has 1 unspecified atom stereocenters. The summed E-state index contributed by atoms with van der Waals surface area (Å²) in [5.74, 6) is -0.570. The Bertz CT molecular complexity index is 966. The maximum Gasteiger partial charge on any atom is 0.455 e. The van der Waals surface area contributed by atoms with Gasteiger partial charge in [-0.15, -0.1) is 11.3 Å². The number of halogens is 3. The number of fused-ring (bicyclic) bond motifs is 1. The van der Waals surface area contributed by atoms with Crippen molar-refractivity contribution in [3.63, 3.8) is 0 Å². The third-order valence-corrected chi connectivity index (χ3v) is 4.61. The van der Waals surface area contributed by atoms with Crippen LogP contribution in [0, 0.1) is 0 Å². The van der Waals surface area contributed by atoms with Crippen molar-refractivity contribution >= 4 is 17.1 Å². The minimum atomic E-state index is -4.93. The highest BCUT2D eigenvalue weighted by atomic mass is 32.1. The second-order valence-electron chi connectivity index (χ2n) is 5.31. The van der Waals surface area contributed by atoms with Crippen LogP contribution in [0.5, 0.6) is 11.5 Å². The standard InChI is InChI=1S/C16H9F3N2O4S/c17-16(18,19)13(22)11-5-6-12(26-11)15-20-14(21-25-15)10-7-23-8-3-1-2-4-9(8)24-10/h1-6,10H,7H2. The van der Waals surface area contributed by atoms with E-state index >= 15 is 0 Å². The first-order chi connectivity index (χ1) is 12.4. The molecule has 134 valence electrons. The van der Waals surface area contributed by atoms with Crippen LogP contribution in [-0.2, 0) is 0 Å². The SMILES string of the molecule is O=C(c1ccc(-c2nc(C3COc4ccccc4O3)no2)s1)C(F)(F)F. The fraction of sp³-hybridized carbons (Fsp3) is 0.188. The molecule has 1 aromatic carbocycles. The zero-order valence-corrected chi connectivity index (χ0v) is 13.6. The van der Waals surface area contributed by atoms with Crippen LogP contribution in [0.15, 0.2) is 40.9 Å². The number of thiophene rings is 1. The van der Waals surface area contributed by atoms with E-state index in [9.17, 15) is 18.0 Å². The van der Waals surface area contributed by atoms with Crippen LogP contribution in [0.2, 0.25) is 0 Å². The molecule has 3 heterocycles. The van der Waals surface area contributed by atoms with Crippen LogP contribution in [0.1, 0.15) is 21.6 Å². The molecule has 10 heteroatoms. The van der Waals surface area contributed by atoms with E-state index in [1.807, 2.05) is 6.07 Å². The van der Waals surface area contributed by atoms with E-state index in [0.717, 1.165) is 6.07 Å². The van der Waals surface area contributed by atoms with E-state index in [4.69, 9.17) is 14.0 Å². The maximum atomic E-state index is 12.5. The first-order valence-corrected chi connectivity index (χ1v) is 8.17. The number of rotatable bonds is 3. The predicted octanol–water partition coefficient (Wildman–Crippen LogP) is 4.06. The van der Waals surface area contributed by atoms with Crippen LogP contribution in [0.3, 0.4) is 0 Å². The first kappa shape index (κ1) is 16.6. The van der Waals surface area contributed by atoms with E-state index in [1.54, 1.807) is 18.2 Å². The monoisotopic (exact) mass is 382 g/mol. The first-order valence-electron chi connectivity index (χ1n) is 7.35. The molecule has 0 saturated heterocycles. The van der Waals surface area contributed by atoms with Gasteiger partial charge in [-0.05, 0) is 24.3 Å². The Hall–Kier alpha value is -2.88. The number of benzene rings is 1. The van der Waals surface area contributed by atoms with Crippen molar-refractivity contribution in [2.45, 2.75) is 12.3 Å². The summed E-state index contributed by atoms with van der Waals surface area (Å²) in [6.45, 7) is 0.165. The number of carbonyl (C=O) groups excluding carboxylic acids is 1. The molecule has 0 aliphatic carbocycles. The van der Waals surface area contributed by atoms with Gasteiger partial charge in [0.25, 0.3) is 11.7 Å². The van der Waals surface area contributed by atoms with Gasteiger partial charge in [-0.1, -0.05) is 17.3 Å². The molecule has 1 aliphatic rings. The maximum absolute atomic E-state index is 12.5. The summed E-state index contributed by atoms with van der Waals surface area (Å²) in [4.78, 5) is 15.2. The van der Waals surface area contributed by atoms with E-state index in [-0.39, 0.29) is 23.2 Å². The topological polar surface area (TPSA) is 74.5 Å². The van der Waals surface area contributed by atoms with Crippen molar-refractivity contribution < 1.29 is 32.0 Å². The van der Waals surface area contributed by atoms with Crippen molar-refractivity contribution in [2.24, 2.45) is 0 Å². The average molecular weight is 382 g/mol. The second-order valence-corrected chi connectivity index (χ2v) is 6.40. The van der Waals surface area contributed by atoms with Gasteiger partial charge in [-0.25, -0.2) is 0 Å². The van der Waals surface area contributed by atoms with Crippen LogP contribution < -0.4 is 9.47 Å². The van der Waals surface area contributed by atoms with Gasteiger partial charge < -0.3 is 14.0 Å². The minimum absolute atomic E-state index is 0.00804. The highest BCUT2D eigenvalue weighted by Gasteiger charge is 2.40. The van der Waals surface area contributed by atoms with Crippen molar-refractivity contribution in [2.75, 3.05) is 6.61 Å². The minimum Gasteiger partial charge on any atom is -0.485 e. The van der Waals surface area contributed by atoms with Gasteiger partial charge in [0.1, 0.15) is 6.61 Å². The van der Waals surface area contributed by atoms with Gasteiger partial charge in [0, 0.05) is 0 Å². The summed E-state index contributed by atoms with van der Waals surface area (Å²) in [6, 6.07) is 9.50. The predicted molar refractivity (Wildman–Crippen MR) is 83.3 cm³/mol. The highest BCUT2D eigenvalue weighted by molar-refractivity contribution is 7.17. The summed E-state index contributed by atoms with van der Waals surface area (Å²) in [5.41, 5.74) is 0. The number of aromatic nitrogens is 2. The Morgan fingerprint density at radius 2 is 1.92 bits per heavy atom. The largest absolute Gasteiger partial charge is 0.485 e. The number of Topliss-reactive ketones (excluding diaryl/α,β-unsaturated/α-hetero) is 1. The Kier molecular flexibility index (Phi) is 3.91.